The van der Waals surface area contributed by atoms with Gasteiger partial charge in [-0.05, 0) is 31.9 Å². The fourth-order valence-corrected chi connectivity index (χ4v) is 5.15. The van der Waals surface area contributed by atoms with Crippen LogP contribution in [0.5, 0.6) is 0 Å². The Morgan fingerprint density at radius 3 is 3.14 bits per heavy atom. The number of thioether (sulfide) groups is 1. The van der Waals surface area contributed by atoms with Crippen LogP contribution in [0, 0.1) is 0 Å². The molecule has 1 fully saturated rings. The molecule has 2 aliphatic rings. The molecule has 0 aliphatic carbocycles. The normalized spacial score (nSPS) is 19.8. The Balaban J connectivity index is 1.38. The van der Waals surface area contributed by atoms with E-state index >= 15 is 0 Å². The molecular formula is C18H21N5O3S2. The fraction of sp³-hybridized carbons (Fsp3) is 0.444. The molecule has 4 rings (SSSR count). The van der Waals surface area contributed by atoms with Gasteiger partial charge >= 0.3 is 0 Å². The summed E-state index contributed by atoms with van der Waals surface area (Å²) in [5.41, 5.74) is 1.37. The number of carbonyl (C=O) groups excluding carboxylic acids is 2. The molecule has 0 spiro atoms. The number of hydrogen-bond acceptors (Lipinski definition) is 8. The molecule has 2 aliphatic heterocycles. The number of anilines is 3. The van der Waals surface area contributed by atoms with Crippen molar-refractivity contribution < 1.29 is 14.3 Å². The number of benzene rings is 1. The van der Waals surface area contributed by atoms with Gasteiger partial charge in [-0.1, -0.05) is 35.2 Å². The lowest BCUT2D eigenvalue weighted by Crippen LogP contribution is -2.45. The van der Waals surface area contributed by atoms with Crippen LogP contribution in [-0.4, -0.2) is 53.1 Å². The van der Waals surface area contributed by atoms with Crippen molar-refractivity contribution in [2.75, 3.05) is 35.2 Å². The monoisotopic (exact) mass is 419 g/mol. The number of amides is 2. The Labute approximate surface area is 171 Å². The second-order valence-corrected chi connectivity index (χ2v) is 9.20. The summed E-state index contributed by atoms with van der Waals surface area (Å²) < 4.78 is 6.30. The standard InChI is InChI=1S/C18H21N5O3S2/c1-11(16(25)23-10-15(24)20-13-6-2-3-7-14(13)23)27-18-22-21-17(28-18)19-9-12-5-4-8-26-12/h2-3,6-7,11-12H,4-5,8-10H2,1H3,(H,19,21)(H,20,24)/t11-,12-/m1/s1. The Kier molecular flexibility index (Phi) is 5.79. The van der Waals surface area contributed by atoms with Gasteiger partial charge in [0.15, 0.2) is 4.34 Å². The summed E-state index contributed by atoms with van der Waals surface area (Å²) in [5.74, 6) is -0.322. The van der Waals surface area contributed by atoms with E-state index in [-0.39, 0.29) is 24.5 Å². The van der Waals surface area contributed by atoms with Crippen molar-refractivity contribution >= 4 is 51.4 Å². The second kappa shape index (κ2) is 8.46. The van der Waals surface area contributed by atoms with Crippen LogP contribution in [0.3, 0.4) is 0 Å². The molecule has 2 atom stereocenters. The maximum absolute atomic E-state index is 13.0. The Bertz CT molecular complexity index is 868. The van der Waals surface area contributed by atoms with Gasteiger partial charge in [0, 0.05) is 13.2 Å². The molecule has 0 saturated carbocycles. The lowest BCUT2D eigenvalue weighted by molar-refractivity contribution is -0.121. The fourth-order valence-electron chi connectivity index (χ4n) is 3.19. The molecule has 2 N–H and O–H groups in total. The van der Waals surface area contributed by atoms with Gasteiger partial charge in [0.05, 0.1) is 22.7 Å². The van der Waals surface area contributed by atoms with E-state index in [0.717, 1.165) is 30.3 Å². The average molecular weight is 420 g/mol. The third-order valence-corrected chi connectivity index (χ3v) is 6.63. The number of para-hydroxylation sites is 2. The molecule has 3 heterocycles. The molecule has 1 aromatic carbocycles. The van der Waals surface area contributed by atoms with Crippen molar-refractivity contribution in [1.82, 2.24) is 10.2 Å². The lowest BCUT2D eigenvalue weighted by Gasteiger charge is -2.30. The number of aromatic nitrogens is 2. The van der Waals surface area contributed by atoms with Gasteiger partial charge in [0.1, 0.15) is 6.54 Å². The molecule has 148 valence electrons. The third kappa shape index (κ3) is 4.29. The van der Waals surface area contributed by atoms with Crippen molar-refractivity contribution in [3.8, 4) is 0 Å². The van der Waals surface area contributed by atoms with Gasteiger partial charge in [-0.3, -0.25) is 14.5 Å². The molecule has 0 unspecified atom stereocenters. The summed E-state index contributed by atoms with van der Waals surface area (Å²) in [5, 5.41) is 14.7. The van der Waals surface area contributed by atoms with E-state index in [9.17, 15) is 9.59 Å². The lowest BCUT2D eigenvalue weighted by atomic mass is 10.2. The minimum atomic E-state index is -0.391. The zero-order valence-corrected chi connectivity index (χ0v) is 17.0. The van der Waals surface area contributed by atoms with Crippen LogP contribution < -0.4 is 15.5 Å². The molecule has 0 radical (unpaired) electrons. The minimum Gasteiger partial charge on any atom is -0.376 e. The summed E-state index contributed by atoms with van der Waals surface area (Å²) >= 11 is 2.77. The molecule has 2 aromatic rings. The molecule has 28 heavy (non-hydrogen) atoms. The van der Waals surface area contributed by atoms with E-state index in [1.54, 1.807) is 6.07 Å². The summed E-state index contributed by atoms with van der Waals surface area (Å²) in [7, 11) is 0. The Morgan fingerprint density at radius 2 is 2.32 bits per heavy atom. The highest BCUT2D eigenvalue weighted by Gasteiger charge is 2.30. The van der Waals surface area contributed by atoms with E-state index in [1.807, 2.05) is 25.1 Å². The van der Waals surface area contributed by atoms with Gasteiger partial charge in [-0.25, -0.2) is 0 Å². The molecule has 2 amide bonds. The van der Waals surface area contributed by atoms with Crippen molar-refractivity contribution in [2.45, 2.75) is 35.5 Å². The highest BCUT2D eigenvalue weighted by atomic mass is 32.2. The van der Waals surface area contributed by atoms with Crippen LogP contribution in [0.2, 0.25) is 0 Å². The number of carbonyl (C=O) groups is 2. The maximum Gasteiger partial charge on any atom is 0.244 e. The number of fused-ring (bicyclic) bond motifs is 1. The maximum atomic E-state index is 13.0. The summed E-state index contributed by atoms with van der Waals surface area (Å²) in [4.78, 5) is 26.5. The number of ether oxygens (including phenoxy) is 1. The van der Waals surface area contributed by atoms with E-state index in [1.165, 1.54) is 28.0 Å². The summed E-state index contributed by atoms with van der Waals surface area (Å²) in [6, 6.07) is 7.31. The number of hydrogen-bond donors (Lipinski definition) is 2. The SMILES string of the molecule is C[C@@H](Sc1nnc(NC[C@H]2CCCO2)s1)C(=O)N1CC(=O)Nc2ccccc21. The number of nitrogens with zero attached hydrogens (tertiary/aromatic N) is 3. The van der Waals surface area contributed by atoms with Crippen LogP contribution in [0.1, 0.15) is 19.8 Å². The minimum absolute atomic E-state index is 0.0189. The van der Waals surface area contributed by atoms with Crippen LogP contribution in [0.4, 0.5) is 16.5 Å². The summed E-state index contributed by atoms with van der Waals surface area (Å²) in [6.45, 7) is 3.38. The van der Waals surface area contributed by atoms with Crippen molar-refractivity contribution in [3.05, 3.63) is 24.3 Å². The van der Waals surface area contributed by atoms with Crippen LogP contribution >= 0.6 is 23.1 Å². The summed E-state index contributed by atoms with van der Waals surface area (Å²) in [6.07, 6.45) is 2.39. The topological polar surface area (TPSA) is 96.5 Å². The van der Waals surface area contributed by atoms with Gasteiger partial charge in [-0.2, -0.15) is 0 Å². The zero-order chi connectivity index (χ0) is 19.5. The molecule has 10 heteroatoms. The molecule has 0 bridgehead atoms. The first-order valence-corrected chi connectivity index (χ1v) is 10.9. The molecule has 1 aromatic heterocycles. The molecule has 1 saturated heterocycles. The largest absolute Gasteiger partial charge is 0.376 e. The van der Waals surface area contributed by atoms with Gasteiger partial charge in [0.2, 0.25) is 16.9 Å². The predicted octanol–water partition coefficient (Wildman–Crippen LogP) is 2.59. The van der Waals surface area contributed by atoms with Crippen molar-refractivity contribution in [2.24, 2.45) is 0 Å². The first kappa shape index (κ1) is 19.2. The van der Waals surface area contributed by atoms with Gasteiger partial charge < -0.3 is 15.4 Å². The van der Waals surface area contributed by atoms with Gasteiger partial charge in [0.25, 0.3) is 0 Å². The van der Waals surface area contributed by atoms with Crippen LogP contribution in [0.25, 0.3) is 0 Å². The predicted molar refractivity (Wildman–Crippen MR) is 110 cm³/mol. The molecule has 8 nitrogen and oxygen atoms in total. The van der Waals surface area contributed by atoms with Crippen molar-refractivity contribution in [1.29, 1.82) is 0 Å². The van der Waals surface area contributed by atoms with Crippen LogP contribution in [-0.2, 0) is 14.3 Å². The molecular weight excluding hydrogens is 398 g/mol. The third-order valence-electron chi connectivity index (χ3n) is 4.57. The highest BCUT2D eigenvalue weighted by Crippen LogP contribution is 2.34. The van der Waals surface area contributed by atoms with E-state index in [4.69, 9.17) is 4.74 Å². The Morgan fingerprint density at radius 1 is 1.46 bits per heavy atom. The second-order valence-electron chi connectivity index (χ2n) is 6.64. The average Bonchev–Trinajstić information content (AvgIpc) is 3.37. The van der Waals surface area contributed by atoms with E-state index in [0.29, 0.717) is 16.6 Å². The first-order chi connectivity index (χ1) is 13.6. The van der Waals surface area contributed by atoms with Crippen molar-refractivity contribution in [3.63, 3.8) is 0 Å². The van der Waals surface area contributed by atoms with Gasteiger partial charge in [-0.15, -0.1) is 10.2 Å². The van der Waals surface area contributed by atoms with Crippen LogP contribution in [0.15, 0.2) is 28.6 Å². The number of nitrogens with one attached hydrogen (secondary N) is 2. The van der Waals surface area contributed by atoms with E-state index in [2.05, 4.69) is 20.8 Å². The quantitative estimate of drug-likeness (QED) is 0.695. The zero-order valence-electron chi connectivity index (χ0n) is 15.4. The number of rotatable bonds is 6. The smallest absolute Gasteiger partial charge is 0.244 e. The Hall–Kier alpha value is -2.17. The van der Waals surface area contributed by atoms with E-state index < -0.39 is 5.25 Å². The first-order valence-electron chi connectivity index (χ1n) is 9.16. The highest BCUT2D eigenvalue weighted by molar-refractivity contribution is 8.02.